The van der Waals surface area contributed by atoms with Crippen molar-refractivity contribution in [2.75, 3.05) is 6.61 Å². The van der Waals surface area contributed by atoms with Crippen LogP contribution in [0.5, 0.6) is 5.75 Å². The van der Waals surface area contributed by atoms with Crippen LogP contribution in [-0.2, 0) is 10.9 Å². The lowest BCUT2D eigenvalue weighted by molar-refractivity contribution is -0.141. The number of rotatable bonds is 5. The third-order valence-corrected chi connectivity index (χ3v) is 3.82. The number of nitrogens with one attached hydrogen (secondary N) is 1. The number of carbonyl (C=O) groups is 1. The number of halogens is 5. The number of hydrogen-bond acceptors (Lipinski definition) is 4. The molecule has 0 radical (unpaired) electrons. The summed E-state index contributed by atoms with van der Waals surface area (Å²) in [5.74, 6) is -2.41. The lowest BCUT2D eigenvalue weighted by Crippen LogP contribution is -2.27. The van der Waals surface area contributed by atoms with Gasteiger partial charge >= 0.3 is 12.1 Å². The molecule has 0 fully saturated rings. The maximum absolute atomic E-state index is 14.4. The Balaban J connectivity index is 2.76. The van der Waals surface area contributed by atoms with E-state index in [1.54, 1.807) is 13.8 Å². The van der Waals surface area contributed by atoms with E-state index in [0.717, 1.165) is 12.1 Å². The minimum absolute atomic E-state index is 0.0325. The molecule has 0 saturated heterocycles. The van der Waals surface area contributed by atoms with E-state index >= 15 is 0 Å². The highest BCUT2D eigenvalue weighted by atomic mass is 35.5. The third-order valence-electron chi connectivity index (χ3n) is 3.52. The van der Waals surface area contributed by atoms with Crippen LogP contribution < -0.4 is 10.2 Å². The molecule has 0 aliphatic rings. The van der Waals surface area contributed by atoms with Gasteiger partial charge in [-0.25, -0.2) is 9.18 Å². The molecule has 10 heteroatoms. The van der Waals surface area contributed by atoms with E-state index in [-0.39, 0.29) is 29.0 Å². The summed E-state index contributed by atoms with van der Waals surface area (Å²) in [7, 11) is 0. The van der Waals surface area contributed by atoms with Gasteiger partial charge in [-0.2, -0.15) is 13.2 Å². The highest BCUT2D eigenvalue weighted by Crippen LogP contribution is 2.34. The fraction of sp³-hybridized carbons (Fsp3) is 0.333. The number of ether oxygens (including phenoxy) is 2. The van der Waals surface area contributed by atoms with Gasteiger partial charge in [-0.1, -0.05) is 11.6 Å². The fourth-order valence-corrected chi connectivity index (χ4v) is 2.63. The smallest absolute Gasteiger partial charge is 0.432 e. The molecule has 1 N–H and O–H groups in total. The van der Waals surface area contributed by atoms with Crippen molar-refractivity contribution in [1.82, 2.24) is 4.98 Å². The Morgan fingerprint density at radius 2 is 1.89 bits per heavy atom. The maximum atomic E-state index is 14.4. The largest absolute Gasteiger partial charge is 0.489 e. The Hall–Kier alpha value is -2.55. The monoisotopic (exact) mass is 421 g/mol. The first-order chi connectivity index (χ1) is 13.0. The van der Waals surface area contributed by atoms with Gasteiger partial charge in [0.05, 0.1) is 17.7 Å². The molecule has 28 heavy (non-hydrogen) atoms. The Bertz CT molecular complexity index is 954. The standard InChI is InChI=1S/C18H16ClF4NO4/c1-4-27-17(26)14-15(25)10(7-24-16(14)18(21,22)23)9-5-13(28-8(2)3)11(19)6-12(9)20/h5-8H,4H2,1-3H3,(H,24,25). The zero-order valence-electron chi connectivity index (χ0n) is 15.0. The second-order valence-electron chi connectivity index (χ2n) is 5.93. The number of benzene rings is 1. The number of alkyl halides is 3. The summed E-state index contributed by atoms with van der Waals surface area (Å²) in [5, 5.41) is -0.0797. The fourth-order valence-electron chi connectivity index (χ4n) is 2.43. The molecule has 0 amide bonds. The Labute approximate surface area is 162 Å². The molecule has 2 rings (SSSR count). The van der Waals surface area contributed by atoms with Crippen LogP contribution in [0, 0.1) is 5.82 Å². The summed E-state index contributed by atoms with van der Waals surface area (Å²) in [6, 6.07) is 1.96. The molecule has 152 valence electrons. The molecule has 0 aliphatic carbocycles. The van der Waals surface area contributed by atoms with Crippen LogP contribution in [0.3, 0.4) is 0 Å². The second kappa shape index (κ2) is 8.22. The normalized spacial score (nSPS) is 11.6. The predicted molar refractivity (Wildman–Crippen MR) is 94.2 cm³/mol. The molecule has 1 aromatic carbocycles. The average Bonchev–Trinajstić information content (AvgIpc) is 2.56. The van der Waals surface area contributed by atoms with Crippen molar-refractivity contribution in [2.24, 2.45) is 0 Å². The van der Waals surface area contributed by atoms with Gasteiger partial charge in [-0.3, -0.25) is 4.79 Å². The summed E-state index contributed by atoms with van der Waals surface area (Å²) in [4.78, 5) is 26.5. The predicted octanol–water partition coefficient (Wildman–Crippen LogP) is 4.82. The average molecular weight is 422 g/mol. The summed E-state index contributed by atoms with van der Waals surface area (Å²) in [5.41, 5.74) is -5.04. The molecule has 0 saturated carbocycles. The van der Waals surface area contributed by atoms with Gasteiger partial charge in [-0.15, -0.1) is 0 Å². The Morgan fingerprint density at radius 3 is 2.43 bits per heavy atom. The molecule has 2 aromatic rings. The number of aromatic nitrogens is 1. The highest BCUT2D eigenvalue weighted by Gasteiger charge is 2.39. The van der Waals surface area contributed by atoms with E-state index < -0.39 is 40.2 Å². The zero-order chi connectivity index (χ0) is 21.2. The Kier molecular flexibility index (Phi) is 6.38. The van der Waals surface area contributed by atoms with Crippen LogP contribution in [-0.4, -0.2) is 23.7 Å². The molecule has 0 atom stereocenters. The number of carbonyl (C=O) groups excluding carboxylic acids is 1. The lowest BCUT2D eigenvalue weighted by atomic mass is 10.0. The summed E-state index contributed by atoms with van der Waals surface area (Å²) < 4.78 is 64.0. The van der Waals surface area contributed by atoms with Gasteiger partial charge in [0, 0.05) is 17.3 Å². The van der Waals surface area contributed by atoms with Crippen LogP contribution in [0.2, 0.25) is 5.02 Å². The number of hydrogen-bond donors (Lipinski definition) is 1. The second-order valence-corrected chi connectivity index (χ2v) is 6.34. The van der Waals surface area contributed by atoms with Gasteiger partial charge in [0.1, 0.15) is 22.8 Å². The first-order valence-corrected chi connectivity index (χ1v) is 8.51. The van der Waals surface area contributed by atoms with Crippen LogP contribution in [0.4, 0.5) is 17.6 Å². The maximum Gasteiger partial charge on any atom is 0.432 e. The number of aromatic amines is 1. The molecular formula is C18H16ClF4NO4. The molecule has 0 bridgehead atoms. The summed E-state index contributed by atoms with van der Waals surface area (Å²) >= 11 is 5.91. The van der Waals surface area contributed by atoms with Gasteiger partial charge in [0.2, 0.25) is 5.43 Å². The minimum Gasteiger partial charge on any atom is -0.489 e. The summed E-state index contributed by atoms with van der Waals surface area (Å²) in [6.07, 6.45) is -4.68. The molecule has 1 aromatic heterocycles. The SMILES string of the molecule is CCOC(=O)c1c(C(F)(F)F)[nH]cc(-c2cc(OC(C)C)c(Cl)cc2F)c1=O. The zero-order valence-corrected chi connectivity index (χ0v) is 15.8. The highest BCUT2D eigenvalue weighted by molar-refractivity contribution is 6.32. The number of H-pyrrole nitrogens is 1. The van der Waals surface area contributed by atoms with Crippen molar-refractivity contribution in [3.8, 4) is 16.9 Å². The van der Waals surface area contributed by atoms with E-state index in [0.29, 0.717) is 6.20 Å². The first kappa shape index (κ1) is 21.7. The molecule has 0 aliphatic heterocycles. The summed E-state index contributed by atoms with van der Waals surface area (Å²) in [6.45, 7) is 4.49. The lowest BCUT2D eigenvalue weighted by Gasteiger charge is -2.15. The molecular weight excluding hydrogens is 406 g/mol. The molecule has 5 nitrogen and oxygen atoms in total. The quantitative estimate of drug-likeness (QED) is 0.555. The van der Waals surface area contributed by atoms with E-state index in [1.165, 1.54) is 6.92 Å². The topological polar surface area (TPSA) is 68.4 Å². The molecule has 0 spiro atoms. The van der Waals surface area contributed by atoms with Crippen molar-refractivity contribution in [3.05, 3.63) is 50.7 Å². The van der Waals surface area contributed by atoms with Gasteiger partial charge in [-0.05, 0) is 32.9 Å². The van der Waals surface area contributed by atoms with E-state index in [2.05, 4.69) is 4.74 Å². The van der Waals surface area contributed by atoms with Gasteiger partial charge in [0.25, 0.3) is 0 Å². The van der Waals surface area contributed by atoms with E-state index in [9.17, 15) is 27.2 Å². The van der Waals surface area contributed by atoms with Crippen LogP contribution in [0.1, 0.15) is 36.8 Å². The van der Waals surface area contributed by atoms with Gasteiger partial charge in [0.15, 0.2) is 0 Å². The van der Waals surface area contributed by atoms with E-state index in [1.807, 2.05) is 4.98 Å². The van der Waals surface area contributed by atoms with Crippen molar-refractivity contribution in [1.29, 1.82) is 0 Å². The van der Waals surface area contributed by atoms with Crippen molar-refractivity contribution >= 4 is 17.6 Å². The van der Waals surface area contributed by atoms with E-state index in [4.69, 9.17) is 16.3 Å². The molecule has 0 unspecified atom stereocenters. The minimum atomic E-state index is -5.02. The van der Waals surface area contributed by atoms with Gasteiger partial charge < -0.3 is 14.5 Å². The van der Waals surface area contributed by atoms with Crippen LogP contribution in [0.25, 0.3) is 11.1 Å². The molecule has 1 heterocycles. The number of esters is 1. The third kappa shape index (κ3) is 4.46. The van der Waals surface area contributed by atoms with Crippen LogP contribution in [0.15, 0.2) is 23.1 Å². The first-order valence-electron chi connectivity index (χ1n) is 8.13. The van der Waals surface area contributed by atoms with Crippen molar-refractivity contribution < 1.29 is 31.8 Å². The van der Waals surface area contributed by atoms with Crippen molar-refractivity contribution in [3.63, 3.8) is 0 Å². The number of pyridine rings is 1. The van der Waals surface area contributed by atoms with Crippen molar-refractivity contribution in [2.45, 2.75) is 33.1 Å². The van der Waals surface area contributed by atoms with Crippen LogP contribution >= 0.6 is 11.6 Å². The Morgan fingerprint density at radius 1 is 1.25 bits per heavy atom.